The minimum atomic E-state index is -0.535. The summed E-state index contributed by atoms with van der Waals surface area (Å²) in [6, 6.07) is -0.185. The van der Waals surface area contributed by atoms with Crippen molar-refractivity contribution in [3.05, 3.63) is 0 Å². The lowest BCUT2D eigenvalue weighted by Crippen LogP contribution is -2.44. The molecule has 0 bridgehead atoms. The normalized spacial score (nSPS) is 13.2. The van der Waals surface area contributed by atoms with Crippen molar-refractivity contribution in [3.8, 4) is 0 Å². The predicted octanol–water partition coefficient (Wildman–Crippen LogP) is 1.35. The van der Waals surface area contributed by atoms with Crippen molar-refractivity contribution < 1.29 is 19.2 Å². The van der Waals surface area contributed by atoms with Gasteiger partial charge in [0.15, 0.2) is 0 Å². The van der Waals surface area contributed by atoms with E-state index in [9.17, 15) is 9.59 Å². The van der Waals surface area contributed by atoms with Crippen molar-refractivity contribution in [1.82, 2.24) is 10.4 Å². The molecular formula is C12H24N2O4. The summed E-state index contributed by atoms with van der Waals surface area (Å²) in [5, 5.41) is 4.32. The van der Waals surface area contributed by atoms with E-state index >= 15 is 0 Å². The summed E-state index contributed by atoms with van der Waals surface area (Å²) >= 11 is 0. The standard InChI is InChI=1S/C12H24N2O4/c1-12(2,3)18-11(16)13-10(7-6-8-15)9-14(4)17-5/h8,10H,6-7,9H2,1-5H3,(H,13,16). The van der Waals surface area contributed by atoms with Crippen molar-refractivity contribution >= 4 is 12.4 Å². The third-order valence-corrected chi connectivity index (χ3v) is 2.14. The first kappa shape index (κ1) is 16.9. The second-order valence-electron chi connectivity index (χ2n) is 5.08. The maximum Gasteiger partial charge on any atom is 0.407 e. The quantitative estimate of drug-likeness (QED) is 0.553. The smallest absolute Gasteiger partial charge is 0.407 e. The highest BCUT2D eigenvalue weighted by Crippen LogP contribution is 2.08. The van der Waals surface area contributed by atoms with Gasteiger partial charge in [-0.15, -0.1) is 0 Å². The first-order valence-corrected chi connectivity index (χ1v) is 5.97. The van der Waals surface area contributed by atoms with Gasteiger partial charge in [0, 0.05) is 26.1 Å². The van der Waals surface area contributed by atoms with Gasteiger partial charge in [-0.3, -0.25) is 0 Å². The molecule has 18 heavy (non-hydrogen) atoms. The van der Waals surface area contributed by atoms with E-state index in [4.69, 9.17) is 9.57 Å². The van der Waals surface area contributed by atoms with Crippen molar-refractivity contribution in [3.63, 3.8) is 0 Å². The van der Waals surface area contributed by atoms with Crippen LogP contribution in [0.1, 0.15) is 33.6 Å². The van der Waals surface area contributed by atoms with Gasteiger partial charge in [-0.2, -0.15) is 5.06 Å². The summed E-state index contributed by atoms with van der Waals surface area (Å²) in [6.45, 7) is 5.89. The van der Waals surface area contributed by atoms with Crippen molar-refractivity contribution in [2.24, 2.45) is 0 Å². The molecule has 0 radical (unpaired) electrons. The SMILES string of the molecule is CON(C)CC(CCC=O)NC(=O)OC(C)(C)C. The highest BCUT2D eigenvalue weighted by molar-refractivity contribution is 5.68. The molecule has 1 unspecified atom stereocenters. The highest BCUT2D eigenvalue weighted by Gasteiger charge is 2.20. The van der Waals surface area contributed by atoms with E-state index in [0.717, 1.165) is 6.29 Å². The van der Waals surface area contributed by atoms with Crippen LogP contribution in [0.15, 0.2) is 0 Å². The number of carbonyl (C=O) groups excluding carboxylic acids is 2. The lowest BCUT2D eigenvalue weighted by atomic mass is 10.1. The Bertz CT molecular complexity index is 263. The molecule has 0 aliphatic carbocycles. The number of ether oxygens (including phenoxy) is 1. The van der Waals surface area contributed by atoms with Gasteiger partial charge in [0.25, 0.3) is 0 Å². The van der Waals surface area contributed by atoms with Gasteiger partial charge in [0.05, 0.1) is 7.11 Å². The number of likely N-dealkylation sites (N-methyl/N-ethyl adjacent to an activating group) is 1. The monoisotopic (exact) mass is 260 g/mol. The Morgan fingerprint density at radius 3 is 2.50 bits per heavy atom. The molecule has 0 aromatic rings. The molecule has 1 atom stereocenters. The van der Waals surface area contributed by atoms with Crippen LogP contribution in [-0.4, -0.2) is 49.8 Å². The zero-order chi connectivity index (χ0) is 14.2. The molecule has 1 amide bonds. The first-order valence-electron chi connectivity index (χ1n) is 5.97. The molecule has 0 aliphatic heterocycles. The lowest BCUT2D eigenvalue weighted by Gasteiger charge is -2.25. The van der Waals surface area contributed by atoms with E-state index in [1.807, 2.05) is 0 Å². The molecule has 1 N–H and O–H groups in total. The summed E-state index contributed by atoms with van der Waals surface area (Å²) in [6.07, 6.45) is 1.29. The Labute approximate surface area is 109 Å². The number of rotatable bonds is 7. The van der Waals surface area contributed by atoms with Crippen LogP contribution in [0.4, 0.5) is 4.79 Å². The fraction of sp³-hybridized carbons (Fsp3) is 0.833. The van der Waals surface area contributed by atoms with Crippen LogP contribution in [0.2, 0.25) is 0 Å². The molecule has 6 nitrogen and oxygen atoms in total. The molecule has 106 valence electrons. The van der Waals surface area contributed by atoms with Crippen molar-refractivity contribution in [1.29, 1.82) is 0 Å². The molecule has 0 fully saturated rings. The summed E-state index contributed by atoms with van der Waals surface area (Å²) in [7, 11) is 3.30. The number of aldehydes is 1. The second-order valence-corrected chi connectivity index (χ2v) is 5.08. The number of nitrogens with zero attached hydrogens (tertiary/aromatic N) is 1. The Hall–Kier alpha value is -1.14. The van der Waals surface area contributed by atoms with Crippen LogP contribution >= 0.6 is 0 Å². The molecule has 0 spiro atoms. The van der Waals surface area contributed by atoms with Gasteiger partial charge in [0.1, 0.15) is 11.9 Å². The van der Waals surface area contributed by atoms with Crippen LogP contribution in [0.3, 0.4) is 0 Å². The van der Waals surface area contributed by atoms with Crippen LogP contribution in [0.5, 0.6) is 0 Å². The predicted molar refractivity (Wildman–Crippen MR) is 68.1 cm³/mol. The van der Waals surface area contributed by atoms with Crippen molar-refractivity contribution in [2.75, 3.05) is 20.7 Å². The zero-order valence-corrected chi connectivity index (χ0v) is 11.9. The van der Waals surface area contributed by atoms with Crippen LogP contribution < -0.4 is 5.32 Å². The van der Waals surface area contributed by atoms with E-state index in [0.29, 0.717) is 19.4 Å². The van der Waals surface area contributed by atoms with Crippen LogP contribution in [-0.2, 0) is 14.4 Å². The fourth-order valence-electron chi connectivity index (χ4n) is 1.34. The molecule has 6 heteroatoms. The zero-order valence-electron chi connectivity index (χ0n) is 11.9. The topological polar surface area (TPSA) is 67.9 Å². The summed E-state index contributed by atoms with van der Waals surface area (Å²) in [5.41, 5.74) is -0.535. The van der Waals surface area contributed by atoms with Crippen LogP contribution in [0.25, 0.3) is 0 Å². The molecule has 0 aromatic heterocycles. The van der Waals surface area contributed by atoms with Gasteiger partial charge in [0.2, 0.25) is 0 Å². The minimum Gasteiger partial charge on any atom is -0.444 e. The first-order chi connectivity index (χ1) is 8.28. The number of amides is 1. The highest BCUT2D eigenvalue weighted by atomic mass is 16.7. The summed E-state index contributed by atoms with van der Waals surface area (Å²) in [4.78, 5) is 27.0. The van der Waals surface area contributed by atoms with Gasteiger partial charge < -0.3 is 19.7 Å². The third-order valence-electron chi connectivity index (χ3n) is 2.14. The minimum absolute atomic E-state index is 0.185. The number of alkyl carbamates (subject to hydrolysis) is 1. The van der Waals surface area contributed by atoms with Gasteiger partial charge in [-0.1, -0.05) is 0 Å². The van der Waals surface area contributed by atoms with Crippen LogP contribution in [0, 0.1) is 0 Å². The van der Waals surface area contributed by atoms with E-state index < -0.39 is 11.7 Å². The van der Waals surface area contributed by atoms with E-state index in [2.05, 4.69) is 5.32 Å². The average molecular weight is 260 g/mol. The molecule has 0 saturated carbocycles. The molecule has 0 heterocycles. The Kier molecular flexibility index (Phi) is 7.54. The number of carbonyl (C=O) groups is 2. The molecule has 0 aliphatic rings. The van der Waals surface area contributed by atoms with E-state index in [1.54, 1.807) is 40.0 Å². The largest absolute Gasteiger partial charge is 0.444 e. The molecule has 0 aromatic carbocycles. The maximum atomic E-state index is 11.6. The van der Waals surface area contributed by atoms with Crippen molar-refractivity contribution in [2.45, 2.75) is 45.3 Å². The number of hydrogen-bond acceptors (Lipinski definition) is 5. The number of hydrogen-bond donors (Lipinski definition) is 1. The average Bonchev–Trinajstić information content (AvgIpc) is 2.22. The number of nitrogens with one attached hydrogen (secondary N) is 1. The fourth-order valence-corrected chi connectivity index (χ4v) is 1.34. The summed E-state index contributed by atoms with van der Waals surface area (Å²) in [5.74, 6) is 0. The van der Waals surface area contributed by atoms with E-state index in [1.165, 1.54) is 0 Å². The van der Waals surface area contributed by atoms with Gasteiger partial charge in [-0.05, 0) is 27.2 Å². The molecule has 0 saturated heterocycles. The lowest BCUT2D eigenvalue weighted by molar-refractivity contribution is -0.115. The Balaban J connectivity index is 4.29. The Morgan fingerprint density at radius 2 is 2.06 bits per heavy atom. The van der Waals surface area contributed by atoms with Gasteiger partial charge in [-0.25, -0.2) is 4.79 Å². The number of hydroxylamine groups is 2. The van der Waals surface area contributed by atoms with Gasteiger partial charge >= 0.3 is 6.09 Å². The Morgan fingerprint density at radius 1 is 1.44 bits per heavy atom. The summed E-state index contributed by atoms with van der Waals surface area (Å²) < 4.78 is 5.17. The maximum absolute atomic E-state index is 11.6. The van der Waals surface area contributed by atoms with E-state index in [-0.39, 0.29) is 6.04 Å². The molecule has 0 rings (SSSR count). The second kappa shape index (κ2) is 8.05. The molecular weight excluding hydrogens is 236 g/mol. The third kappa shape index (κ3) is 8.95.